The van der Waals surface area contributed by atoms with Gasteiger partial charge in [-0.3, -0.25) is 0 Å². The summed E-state index contributed by atoms with van der Waals surface area (Å²) in [6.07, 6.45) is 0. The first kappa shape index (κ1) is 12.2. The molecule has 1 unspecified atom stereocenters. The topological polar surface area (TPSA) is 24.1 Å². The number of rotatable bonds is 2. The van der Waals surface area contributed by atoms with E-state index in [1.807, 2.05) is 0 Å². The number of hydrazine groups is 1. The molecule has 1 aliphatic heterocycles. The standard InChI is InChI=1S/C17H20N2/c1-11(2)15-9-14(13-7-5-4-6-8-13)10-16-12(3)18-19-17(15)16/h4-12,18-19H,1-3H3. The molecule has 0 saturated heterocycles. The molecule has 0 aromatic heterocycles. The lowest BCUT2D eigenvalue weighted by atomic mass is 9.91. The van der Waals surface area contributed by atoms with Crippen molar-refractivity contribution in [2.75, 3.05) is 5.43 Å². The molecule has 0 fully saturated rings. The minimum Gasteiger partial charge on any atom is -0.320 e. The molecule has 19 heavy (non-hydrogen) atoms. The van der Waals surface area contributed by atoms with Gasteiger partial charge < -0.3 is 5.43 Å². The zero-order valence-corrected chi connectivity index (χ0v) is 11.7. The summed E-state index contributed by atoms with van der Waals surface area (Å²) >= 11 is 0. The van der Waals surface area contributed by atoms with Gasteiger partial charge in [0.05, 0.1) is 11.7 Å². The zero-order chi connectivity index (χ0) is 13.4. The molecule has 0 spiro atoms. The number of hydrogen-bond donors (Lipinski definition) is 2. The van der Waals surface area contributed by atoms with Crippen molar-refractivity contribution in [1.29, 1.82) is 0 Å². The van der Waals surface area contributed by atoms with Gasteiger partial charge in [-0.05, 0) is 47.2 Å². The molecular formula is C17H20N2. The quantitative estimate of drug-likeness (QED) is 0.824. The number of benzene rings is 2. The van der Waals surface area contributed by atoms with E-state index < -0.39 is 0 Å². The number of nitrogens with one attached hydrogen (secondary N) is 2. The van der Waals surface area contributed by atoms with Crippen molar-refractivity contribution in [1.82, 2.24) is 5.43 Å². The maximum atomic E-state index is 3.33. The molecule has 2 heteroatoms. The van der Waals surface area contributed by atoms with Gasteiger partial charge in [0, 0.05) is 0 Å². The third-order valence-corrected chi connectivity index (χ3v) is 3.81. The Labute approximate surface area is 114 Å². The molecule has 0 radical (unpaired) electrons. The van der Waals surface area contributed by atoms with Crippen LogP contribution in [0.2, 0.25) is 0 Å². The highest BCUT2D eigenvalue weighted by Crippen LogP contribution is 2.38. The summed E-state index contributed by atoms with van der Waals surface area (Å²) in [6.45, 7) is 6.68. The lowest BCUT2D eigenvalue weighted by molar-refractivity contribution is 0.687. The summed E-state index contributed by atoms with van der Waals surface area (Å²) in [6, 6.07) is 15.6. The van der Waals surface area contributed by atoms with Crippen LogP contribution in [-0.2, 0) is 0 Å². The fraction of sp³-hybridized carbons (Fsp3) is 0.294. The van der Waals surface area contributed by atoms with Crippen LogP contribution < -0.4 is 10.9 Å². The Balaban J connectivity index is 2.18. The molecule has 0 aliphatic carbocycles. The molecule has 1 atom stereocenters. The van der Waals surface area contributed by atoms with Crippen molar-refractivity contribution in [3.63, 3.8) is 0 Å². The van der Waals surface area contributed by atoms with Gasteiger partial charge in [0.25, 0.3) is 0 Å². The van der Waals surface area contributed by atoms with E-state index in [0.29, 0.717) is 12.0 Å². The highest BCUT2D eigenvalue weighted by Gasteiger charge is 2.22. The molecule has 98 valence electrons. The maximum Gasteiger partial charge on any atom is 0.0571 e. The van der Waals surface area contributed by atoms with Crippen molar-refractivity contribution in [3.8, 4) is 11.1 Å². The second-order valence-corrected chi connectivity index (χ2v) is 5.54. The summed E-state index contributed by atoms with van der Waals surface area (Å²) in [5, 5.41) is 0. The van der Waals surface area contributed by atoms with Crippen molar-refractivity contribution in [3.05, 3.63) is 53.6 Å². The van der Waals surface area contributed by atoms with E-state index in [0.717, 1.165) is 0 Å². The lowest BCUT2D eigenvalue weighted by Gasteiger charge is -2.15. The molecule has 2 N–H and O–H groups in total. The van der Waals surface area contributed by atoms with Crippen molar-refractivity contribution >= 4 is 5.69 Å². The molecular weight excluding hydrogens is 232 g/mol. The predicted molar refractivity (Wildman–Crippen MR) is 81.1 cm³/mol. The van der Waals surface area contributed by atoms with E-state index in [2.05, 4.69) is 74.1 Å². The highest BCUT2D eigenvalue weighted by atomic mass is 15.4. The van der Waals surface area contributed by atoms with Gasteiger partial charge in [-0.2, -0.15) is 0 Å². The smallest absolute Gasteiger partial charge is 0.0571 e. The third-order valence-electron chi connectivity index (χ3n) is 3.81. The van der Waals surface area contributed by atoms with Crippen LogP contribution in [0.25, 0.3) is 11.1 Å². The van der Waals surface area contributed by atoms with E-state index in [9.17, 15) is 0 Å². The number of hydrogen-bond acceptors (Lipinski definition) is 2. The average molecular weight is 252 g/mol. The van der Waals surface area contributed by atoms with Gasteiger partial charge in [-0.1, -0.05) is 44.2 Å². The van der Waals surface area contributed by atoms with Crippen LogP contribution in [0, 0.1) is 0 Å². The van der Waals surface area contributed by atoms with Gasteiger partial charge in [0.15, 0.2) is 0 Å². The van der Waals surface area contributed by atoms with Gasteiger partial charge in [0.2, 0.25) is 0 Å². The number of fused-ring (bicyclic) bond motifs is 1. The molecule has 2 nitrogen and oxygen atoms in total. The van der Waals surface area contributed by atoms with Crippen LogP contribution >= 0.6 is 0 Å². The van der Waals surface area contributed by atoms with Crippen LogP contribution in [0.5, 0.6) is 0 Å². The largest absolute Gasteiger partial charge is 0.320 e. The molecule has 3 rings (SSSR count). The maximum absolute atomic E-state index is 3.33. The molecule has 1 aliphatic rings. The van der Waals surface area contributed by atoms with E-state index >= 15 is 0 Å². The Morgan fingerprint density at radius 1 is 1.00 bits per heavy atom. The van der Waals surface area contributed by atoms with Crippen LogP contribution in [0.4, 0.5) is 5.69 Å². The second kappa shape index (κ2) is 4.71. The van der Waals surface area contributed by atoms with Gasteiger partial charge in [-0.15, -0.1) is 0 Å². The molecule has 0 saturated carbocycles. The van der Waals surface area contributed by atoms with Crippen LogP contribution in [-0.4, -0.2) is 0 Å². The van der Waals surface area contributed by atoms with E-state index in [-0.39, 0.29) is 0 Å². The number of anilines is 1. The first-order valence-corrected chi connectivity index (χ1v) is 6.91. The molecule has 1 heterocycles. The SMILES string of the molecule is CC(C)c1cc(-c2ccccc2)cc2c1NNC2C. The van der Waals surface area contributed by atoms with Crippen molar-refractivity contribution in [2.24, 2.45) is 0 Å². The van der Waals surface area contributed by atoms with Crippen LogP contribution in [0.1, 0.15) is 43.9 Å². The fourth-order valence-electron chi connectivity index (χ4n) is 2.68. The minimum absolute atomic E-state index is 0.358. The first-order chi connectivity index (χ1) is 9.16. The monoisotopic (exact) mass is 252 g/mol. The zero-order valence-electron chi connectivity index (χ0n) is 11.7. The summed E-state index contributed by atoms with van der Waals surface area (Å²) < 4.78 is 0. The van der Waals surface area contributed by atoms with Crippen LogP contribution in [0.3, 0.4) is 0 Å². The minimum atomic E-state index is 0.358. The van der Waals surface area contributed by atoms with Gasteiger partial charge in [0.1, 0.15) is 0 Å². The molecule has 0 amide bonds. The Bertz CT molecular complexity index is 588. The normalized spacial score (nSPS) is 17.4. The summed E-state index contributed by atoms with van der Waals surface area (Å²) in [5.74, 6) is 0.511. The van der Waals surface area contributed by atoms with Crippen LogP contribution in [0.15, 0.2) is 42.5 Å². The van der Waals surface area contributed by atoms with Crippen molar-refractivity contribution < 1.29 is 0 Å². The Morgan fingerprint density at radius 2 is 1.74 bits per heavy atom. The van der Waals surface area contributed by atoms with Gasteiger partial charge >= 0.3 is 0 Å². The third kappa shape index (κ3) is 2.13. The summed E-state index contributed by atoms with van der Waals surface area (Å²) in [7, 11) is 0. The first-order valence-electron chi connectivity index (χ1n) is 6.91. The highest BCUT2D eigenvalue weighted by molar-refractivity contribution is 5.73. The Hall–Kier alpha value is -1.80. The van der Waals surface area contributed by atoms with E-state index in [1.165, 1.54) is 27.9 Å². The Kier molecular flexibility index (Phi) is 3.03. The van der Waals surface area contributed by atoms with E-state index in [1.54, 1.807) is 0 Å². The van der Waals surface area contributed by atoms with Crippen molar-refractivity contribution in [2.45, 2.75) is 32.7 Å². The Morgan fingerprint density at radius 3 is 2.42 bits per heavy atom. The molecule has 2 aromatic carbocycles. The average Bonchev–Trinajstić information content (AvgIpc) is 2.80. The predicted octanol–water partition coefficient (Wildman–Crippen LogP) is 4.47. The fourth-order valence-corrected chi connectivity index (χ4v) is 2.68. The summed E-state index contributed by atoms with van der Waals surface area (Å²) in [4.78, 5) is 0. The molecule has 2 aromatic rings. The van der Waals surface area contributed by atoms with E-state index in [4.69, 9.17) is 0 Å². The summed E-state index contributed by atoms with van der Waals surface area (Å²) in [5.41, 5.74) is 13.2. The molecule has 0 bridgehead atoms. The lowest BCUT2D eigenvalue weighted by Crippen LogP contribution is -2.16. The second-order valence-electron chi connectivity index (χ2n) is 5.54. The van der Waals surface area contributed by atoms with Gasteiger partial charge in [-0.25, -0.2) is 5.43 Å².